The van der Waals surface area contributed by atoms with E-state index in [-0.39, 0.29) is 42.4 Å². The Morgan fingerprint density at radius 2 is 1.26 bits per heavy atom. The fraction of sp³-hybridized carbons (Fsp3) is 0.250. The first-order valence-electron chi connectivity index (χ1n) is 12.1. The summed E-state index contributed by atoms with van der Waals surface area (Å²) in [7, 11) is -7.72. The number of ether oxygens (including phenoxy) is 1. The highest BCUT2D eigenvalue weighted by molar-refractivity contribution is 7.91. The number of nitrogens with one attached hydrogen (secondary N) is 2. The van der Waals surface area contributed by atoms with Crippen LogP contribution in [0.25, 0.3) is 0 Å². The first-order valence-corrected chi connectivity index (χ1v) is 15.2. The Hall–Kier alpha value is -4.62. The van der Waals surface area contributed by atoms with E-state index in [2.05, 4.69) is 4.74 Å². The first kappa shape index (κ1) is 31.3. The highest BCUT2D eigenvalue weighted by Gasteiger charge is 2.48. The fourth-order valence-corrected chi connectivity index (χ4v) is 6.74. The third-order valence-corrected chi connectivity index (χ3v) is 9.57. The number of carbonyl (C=O) groups excluding carboxylic acids is 6. The van der Waals surface area contributed by atoms with E-state index in [1.165, 1.54) is 24.3 Å². The maximum atomic E-state index is 13.7. The van der Waals surface area contributed by atoms with E-state index in [0.717, 1.165) is 12.1 Å². The van der Waals surface area contributed by atoms with Crippen LogP contribution in [0.3, 0.4) is 0 Å². The molecule has 4 heterocycles. The second-order valence-corrected chi connectivity index (χ2v) is 12.9. The van der Waals surface area contributed by atoms with Gasteiger partial charge in [-0.3, -0.25) is 33.5 Å². The van der Waals surface area contributed by atoms with Crippen molar-refractivity contribution in [2.24, 2.45) is 5.73 Å². The van der Waals surface area contributed by atoms with Crippen molar-refractivity contribution in [2.45, 2.75) is 36.4 Å². The minimum Gasteiger partial charge on any atom is -0.386 e. The smallest absolute Gasteiger partial charge is 0.349 e. The van der Waals surface area contributed by atoms with Gasteiger partial charge in [0.15, 0.2) is 5.37 Å². The van der Waals surface area contributed by atoms with E-state index < -0.39 is 83.6 Å². The van der Waals surface area contributed by atoms with Gasteiger partial charge >= 0.3 is 11.9 Å². The van der Waals surface area contributed by atoms with Gasteiger partial charge in [0.25, 0.3) is 31.9 Å². The Labute approximate surface area is 241 Å². The lowest BCUT2D eigenvalue weighted by atomic mass is 10.1. The monoisotopic (exact) mass is 642 g/mol. The minimum atomic E-state index is -4.19. The largest absolute Gasteiger partial charge is 0.386 e. The molecule has 0 saturated carbocycles. The van der Waals surface area contributed by atoms with Crippen molar-refractivity contribution in [1.82, 2.24) is 14.3 Å². The molecule has 43 heavy (non-hydrogen) atoms. The molecule has 4 amide bonds. The highest BCUT2D eigenvalue weighted by Crippen LogP contribution is 2.30. The molecule has 0 radical (unpaired) electrons. The Bertz CT molecular complexity index is 1810. The van der Waals surface area contributed by atoms with Gasteiger partial charge in [-0.1, -0.05) is 12.1 Å². The maximum Gasteiger partial charge on any atom is 0.349 e. The summed E-state index contributed by atoms with van der Waals surface area (Å²) in [5.41, 5.74) is 4.30. The quantitative estimate of drug-likeness (QED) is 0.205. The summed E-state index contributed by atoms with van der Waals surface area (Å²) >= 11 is 0. The molecule has 2 atom stereocenters. The van der Waals surface area contributed by atoms with E-state index in [0.29, 0.717) is 4.90 Å². The summed E-state index contributed by atoms with van der Waals surface area (Å²) < 4.78 is 79.7. The zero-order valence-corrected chi connectivity index (χ0v) is 23.2. The van der Waals surface area contributed by atoms with Crippen LogP contribution in [-0.2, 0) is 34.4 Å². The van der Waals surface area contributed by atoms with Gasteiger partial charge in [0, 0.05) is 12.8 Å². The van der Waals surface area contributed by atoms with E-state index in [9.17, 15) is 54.4 Å². The molecule has 4 aliphatic heterocycles. The molecule has 2 aromatic rings. The molecule has 228 valence electrons. The molecular weight excluding hydrogens is 622 g/mol. The predicted molar refractivity (Wildman–Crippen MR) is 137 cm³/mol. The minimum absolute atomic E-state index is 0.000000000000000444. The third-order valence-electron chi connectivity index (χ3n) is 6.35. The van der Waals surface area contributed by atoms with Crippen LogP contribution in [-0.4, -0.2) is 68.1 Å². The van der Waals surface area contributed by atoms with Crippen molar-refractivity contribution in [3.8, 4) is 0 Å². The van der Waals surface area contributed by atoms with Gasteiger partial charge in [-0.15, -0.1) is 0 Å². The standard InChI is InChI=1S/C12H9FN2O5S.C8H3FO3.C4H8N2O3S/c13-7-3-1-2-6-10(7)12(18)15(11(6)17)9-5-4-8(16)14-21(9,19)20;9-5-3-1-2-4-6(5)8(11)12-7(4)10;5-3-1-2-4(7)6-10(3,8)9/h1-3,9H,4-5H2,(H,14,16);1-3H;3H,1-2,5H2,(H,6,7). The molecular formula is C24H20F2N4O11S2. The van der Waals surface area contributed by atoms with Crippen LogP contribution in [0.4, 0.5) is 8.78 Å². The molecule has 0 spiro atoms. The van der Waals surface area contributed by atoms with Gasteiger partial charge in [-0.2, -0.15) is 0 Å². The summed E-state index contributed by atoms with van der Waals surface area (Å²) in [5.74, 6) is -6.34. The molecule has 15 nitrogen and oxygen atoms in total. The number of halogens is 2. The van der Waals surface area contributed by atoms with E-state index >= 15 is 0 Å². The van der Waals surface area contributed by atoms with Crippen LogP contribution in [0.1, 0.15) is 67.1 Å². The average molecular weight is 643 g/mol. The van der Waals surface area contributed by atoms with E-state index in [1.807, 2.05) is 4.72 Å². The lowest BCUT2D eigenvalue weighted by molar-refractivity contribution is -0.120. The summed E-state index contributed by atoms with van der Waals surface area (Å²) in [6.45, 7) is 0. The Balaban J connectivity index is 0.000000163. The van der Waals surface area contributed by atoms with Crippen molar-refractivity contribution in [1.29, 1.82) is 0 Å². The number of hydrogen-bond donors (Lipinski definition) is 3. The van der Waals surface area contributed by atoms with Crippen molar-refractivity contribution < 1.29 is 59.1 Å². The van der Waals surface area contributed by atoms with Gasteiger partial charge in [0.1, 0.15) is 22.6 Å². The molecule has 2 fully saturated rings. The summed E-state index contributed by atoms with van der Waals surface area (Å²) in [5, 5.41) is -2.44. The number of rotatable bonds is 1. The summed E-state index contributed by atoms with van der Waals surface area (Å²) in [4.78, 5) is 68.1. The van der Waals surface area contributed by atoms with E-state index in [1.54, 1.807) is 4.72 Å². The maximum absolute atomic E-state index is 13.7. The molecule has 4 N–H and O–H groups in total. The zero-order valence-electron chi connectivity index (χ0n) is 21.5. The number of hydrogen-bond acceptors (Lipinski definition) is 12. The Morgan fingerprint density at radius 3 is 1.77 bits per heavy atom. The number of sulfonamides is 2. The number of amides is 4. The van der Waals surface area contributed by atoms with Gasteiger partial charge in [-0.25, -0.2) is 35.2 Å². The highest BCUT2D eigenvalue weighted by atomic mass is 32.2. The van der Waals surface area contributed by atoms with Crippen molar-refractivity contribution in [3.63, 3.8) is 0 Å². The SMILES string of the molecule is NC1CCC(=O)NS1(=O)=O.O=C1CCC(N2C(=O)c3cccc(F)c3C2=O)S(=O)(=O)N1.O=C1OC(=O)c2c(F)cccc21. The van der Waals surface area contributed by atoms with Gasteiger partial charge < -0.3 is 10.5 Å². The molecule has 19 heteroatoms. The molecule has 0 bridgehead atoms. The summed E-state index contributed by atoms with van der Waals surface area (Å²) in [6.07, 6.45) is 0.0651. The van der Waals surface area contributed by atoms with Gasteiger partial charge in [0.05, 0.1) is 16.7 Å². The molecule has 2 aromatic carbocycles. The van der Waals surface area contributed by atoms with Crippen LogP contribution in [0.15, 0.2) is 36.4 Å². The predicted octanol–water partition coefficient (Wildman–Crippen LogP) is -0.365. The van der Waals surface area contributed by atoms with Crippen LogP contribution < -0.4 is 15.2 Å². The van der Waals surface area contributed by atoms with Gasteiger partial charge in [0.2, 0.25) is 11.8 Å². The third kappa shape index (κ3) is 6.13. The average Bonchev–Trinajstić information content (AvgIpc) is 3.35. The molecule has 0 aromatic heterocycles. The normalized spacial score (nSPS) is 23.0. The van der Waals surface area contributed by atoms with Crippen molar-refractivity contribution >= 4 is 55.6 Å². The fourth-order valence-electron chi connectivity index (χ4n) is 4.28. The van der Waals surface area contributed by atoms with Crippen LogP contribution in [0.5, 0.6) is 0 Å². The number of benzene rings is 2. The number of cyclic esters (lactones) is 2. The summed E-state index contributed by atoms with van der Waals surface area (Å²) in [6, 6.07) is 7.36. The van der Waals surface area contributed by atoms with Crippen molar-refractivity contribution in [3.05, 3.63) is 70.3 Å². The number of nitrogens with two attached hydrogens (primary N) is 1. The Kier molecular flexibility index (Phi) is 8.43. The Morgan fingerprint density at radius 1 is 0.721 bits per heavy atom. The second kappa shape index (κ2) is 11.6. The molecule has 2 unspecified atom stereocenters. The number of nitrogens with zero attached hydrogens (tertiary/aromatic N) is 1. The van der Waals surface area contributed by atoms with E-state index in [4.69, 9.17) is 5.73 Å². The first-order chi connectivity index (χ1) is 20.0. The molecule has 6 rings (SSSR count). The number of fused-ring (bicyclic) bond motifs is 2. The zero-order chi connectivity index (χ0) is 31.9. The number of esters is 2. The molecule has 4 aliphatic rings. The van der Waals surface area contributed by atoms with Crippen LogP contribution >= 0.6 is 0 Å². The topological polar surface area (TPSA) is 233 Å². The second-order valence-electron chi connectivity index (χ2n) is 9.19. The lowest BCUT2D eigenvalue weighted by Crippen LogP contribution is -2.53. The molecule has 0 aliphatic carbocycles. The molecule has 2 saturated heterocycles. The van der Waals surface area contributed by atoms with Crippen molar-refractivity contribution in [2.75, 3.05) is 0 Å². The van der Waals surface area contributed by atoms with Crippen LogP contribution in [0, 0.1) is 11.6 Å². The van der Waals surface area contributed by atoms with Gasteiger partial charge in [-0.05, 0) is 37.1 Å². The number of imide groups is 1. The lowest BCUT2D eigenvalue weighted by Gasteiger charge is -2.28. The van der Waals surface area contributed by atoms with Crippen LogP contribution in [0.2, 0.25) is 0 Å². The number of carbonyl (C=O) groups is 6.